The van der Waals surface area contributed by atoms with Crippen LogP contribution in [0.1, 0.15) is 45.4 Å². The standard InChI is InChI=1S/C13H25NO/c1-3-5-8-12(4-2)14-11-13-9-6-7-10-15-13/h3,12-14H,1,4-11H2,2H3. The van der Waals surface area contributed by atoms with Gasteiger partial charge < -0.3 is 10.1 Å². The Balaban J connectivity index is 2.11. The van der Waals surface area contributed by atoms with Crippen molar-refractivity contribution in [1.29, 1.82) is 0 Å². The molecule has 0 bridgehead atoms. The minimum Gasteiger partial charge on any atom is -0.377 e. The normalized spacial score (nSPS) is 23.7. The number of ether oxygens (including phenoxy) is 1. The van der Waals surface area contributed by atoms with Crippen LogP contribution in [0.5, 0.6) is 0 Å². The van der Waals surface area contributed by atoms with Crippen LogP contribution in [0.25, 0.3) is 0 Å². The summed E-state index contributed by atoms with van der Waals surface area (Å²) < 4.78 is 5.69. The van der Waals surface area contributed by atoms with Gasteiger partial charge in [0.15, 0.2) is 0 Å². The van der Waals surface area contributed by atoms with Crippen molar-refractivity contribution >= 4 is 0 Å². The Kier molecular flexibility index (Phi) is 6.69. The molecule has 1 saturated heterocycles. The summed E-state index contributed by atoms with van der Waals surface area (Å²) in [6.45, 7) is 7.98. The lowest BCUT2D eigenvalue weighted by Crippen LogP contribution is -2.37. The summed E-state index contributed by atoms with van der Waals surface area (Å²) in [5, 5.41) is 3.60. The second-order valence-electron chi connectivity index (χ2n) is 4.37. The molecule has 1 aliphatic heterocycles. The molecule has 0 saturated carbocycles. The lowest BCUT2D eigenvalue weighted by atomic mass is 10.1. The van der Waals surface area contributed by atoms with E-state index < -0.39 is 0 Å². The van der Waals surface area contributed by atoms with Crippen LogP contribution in [-0.4, -0.2) is 25.3 Å². The molecule has 0 radical (unpaired) electrons. The molecule has 88 valence electrons. The topological polar surface area (TPSA) is 21.3 Å². The summed E-state index contributed by atoms with van der Waals surface area (Å²) in [5.41, 5.74) is 0. The number of hydrogen-bond acceptors (Lipinski definition) is 2. The smallest absolute Gasteiger partial charge is 0.0699 e. The lowest BCUT2D eigenvalue weighted by molar-refractivity contribution is 0.0151. The van der Waals surface area contributed by atoms with Crippen molar-refractivity contribution in [2.24, 2.45) is 0 Å². The molecule has 2 unspecified atom stereocenters. The average Bonchev–Trinajstić information content (AvgIpc) is 2.31. The molecule has 2 atom stereocenters. The average molecular weight is 211 g/mol. The maximum atomic E-state index is 5.69. The molecular formula is C13H25NO. The van der Waals surface area contributed by atoms with Gasteiger partial charge in [0, 0.05) is 19.2 Å². The van der Waals surface area contributed by atoms with Gasteiger partial charge in [-0.1, -0.05) is 13.0 Å². The Hall–Kier alpha value is -0.340. The second kappa shape index (κ2) is 7.89. The van der Waals surface area contributed by atoms with E-state index in [-0.39, 0.29) is 0 Å². The van der Waals surface area contributed by atoms with Gasteiger partial charge in [-0.25, -0.2) is 0 Å². The van der Waals surface area contributed by atoms with E-state index in [9.17, 15) is 0 Å². The Labute approximate surface area is 94.1 Å². The summed E-state index contributed by atoms with van der Waals surface area (Å²) in [7, 11) is 0. The molecule has 15 heavy (non-hydrogen) atoms. The third-order valence-corrected chi connectivity index (χ3v) is 3.12. The monoisotopic (exact) mass is 211 g/mol. The predicted octanol–water partition coefficient (Wildman–Crippen LogP) is 2.89. The van der Waals surface area contributed by atoms with Crippen LogP contribution >= 0.6 is 0 Å². The molecule has 2 heteroatoms. The van der Waals surface area contributed by atoms with E-state index in [1.807, 2.05) is 6.08 Å². The molecule has 1 fully saturated rings. The molecule has 1 rings (SSSR count). The van der Waals surface area contributed by atoms with E-state index >= 15 is 0 Å². The van der Waals surface area contributed by atoms with Gasteiger partial charge in [-0.2, -0.15) is 0 Å². The third-order valence-electron chi connectivity index (χ3n) is 3.12. The number of allylic oxidation sites excluding steroid dienone is 1. The number of rotatable bonds is 7. The van der Waals surface area contributed by atoms with E-state index in [0.29, 0.717) is 12.1 Å². The fourth-order valence-electron chi connectivity index (χ4n) is 2.04. The first kappa shape index (κ1) is 12.7. The minimum atomic E-state index is 0.455. The minimum absolute atomic E-state index is 0.455. The van der Waals surface area contributed by atoms with Gasteiger partial charge in [0.1, 0.15) is 0 Å². The van der Waals surface area contributed by atoms with Crippen LogP contribution in [0.2, 0.25) is 0 Å². The molecule has 0 aliphatic carbocycles. The van der Waals surface area contributed by atoms with E-state index in [4.69, 9.17) is 4.74 Å². The summed E-state index contributed by atoms with van der Waals surface area (Å²) in [4.78, 5) is 0. The van der Waals surface area contributed by atoms with Gasteiger partial charge in [0.25, 0.3) is 0 Å². The summed E-state index contributed by atoms with van der Waals surface area (Å²) in [6, 6.07) is 0.633. The van der Waals surface area contributed by atoms with E-state index in [2.05, 4.69) is 18.8 Å². The molecule has 0 amide bonds. The van der Waals surface area contributed by atoms with Gasteiger partial charge in [-0.15, -0.1) is 6.58 Å². The SMILES string of the molecule is C=CCCC(CC)NCC1CCCCO1. The van der Waals surface area contributed by atoms with Crippen molar-refractivity contribution in [3.63, 3.8) is 0 Å². The highest BCUT2D eigenvalue weighted by Crippen LogP contribution is 2.12. The van der Waals surface area contributed by atoms with E-state index in [0.717, 1.165) is 19.6 Å². The zero-order chi connectivity index (χ0) is 10.9. The number of hydrogen-bond donors (Lipinski definition) is 1. The lowest BCUT2D eigenvalue weighted by Gasteiger charge is -2.25. The Morgan fingerprint density at radius 1 is 1.53 bits per heavy atom. The second-order valence-corrected chi connectivity index (χ2v) is 4.37. The Bertz CT molecular complexity index is 164. The highest BCUT2D eigenvalue weighted by molar-refractivity contribution is 4.75. The maximum Gasteiger partial charge on any atom is 0.0699 e. The molecule has 2 nitrogen and oxygen atoms in total. The Morgan fingerprint density at radius 2 is 2.40 bits per heavy atom. The van der Waals surface area contributed by atoms with Crippen molar-refractivity contribution in [1.82, 2.24) is 5.32 Å². The molecule has 1 aliphatic rings. The molecule has 0 aromatic rings. The van der Waals surface area contributed by atoms with E-state index in [1.54, 1.807) is 0 Å². The molecule has 1 N–H and O–H groups in total. The quantitative estimate of drug-likeness (QED) is 0.654. The zero-order valence-electron chi connectivity index (χ0n) is 10.0. The first-order valence-electron chi connectivity index (χ1n) is 6.32. The highest BCUT2D eigenvalue weighted by Gasteiger charge is 2.14. The van der Waals surface area contributed by atoms with E-state index in [1.165, 1.54) is 32.1 Å². The molecule has 0 aromatic heterocycles. The van der Waals surface area contributed by atoms with Crippen molar-refractivity contribution in [3.8, 4) is 0 Å². The largest absolute Gasteiger partial charge is 0.377 e. The van der Waals surface area contributed by atoms with Crippen LogP contribution in [0.3, 0.4) is 0 Å². The fraction of sp³-hybridized carbons (Fsp3) is 0.846. The first-order valence-corrected chi connectivity index (χ1v) is 6.32. The third kappa shape index (κ3) is 5.33. The molecule has 1 heterocycles. The maximum absolute atomic E-state index is 5.69. The van der Waals surface area contributed by atoms with Crippen molar-refractivity contribution < 1.29 is 4.74 Å². The first-order chi connectivity index (χ1) is 7.36. The van der Waals surface area contributed by atoms with Crippen molar-refractivity contribution in [2.45, 2.75) is 57.6 Å². The van der Waals surface area contributed by atoms with Crippen LogP contribution in [0.15, 0.2) is 12.7 Å². The summed E-state index contributed by atoms with van der Waals surface area (Å²) >= 11 is 0. The van der Waals surface area contributed by atoms with Crippen LogP contribution in [0.4, 0.5) is 0 Å². The zero-order valence-corrected chi connectivity index (χ0v) is 10.0. The van der Waals surface area contributed by atoms with Gasteiger partial charge in [0.2, 0.25) is 0 Å². The van der Waals surface area contributed by atoms with Crippen LogP contribution < -0.4 is 5.32 Å². The van der Waals surface area contributed by atoms with Crippen LogP contribution in [0, 0.1) is 0 Å². The van der Waals surface area contributed by atoms with Gasteiger partial charge >= 0.3 is 0 Å². The van der Waals surface area contributed by atoms with Crippen molar-refractivity contribution in [3.05, 3.63) is 12.7 Å². The van der Waals surface area contributed by atoms with Gasteiger partial charge in [-0.05, 0) is 38.5 Å². The van der Waals surface area contributed by atoms with Gasteiger partial charge in [0.05, 0.1) is 6.10 Å². The van der Waals surface area contributed by atoms with Crippen LogP contribution in [-0.2, 0) is 4.74 Å². The number of nitrogens with one attached hydrogen (secondary N) is 1. The molecule has 0 aromatic carbocycles. The Morgan fingerprint density at radius 3 is 3.00 bits per heavy atom. The molecule has 0 spiro atoms. The highest BCUT2D eigenvalue weighted by atomic mass is 16.5. The molecular weight excluding hydrogens is 186 g/mol. The predicted molar refractivity (Wildman–Crippen MR) is 65.1 cm³/mol. The fourth-order valence-corrected chi connectivity index (χ4v) is 2.04. The summed E-state index contributed by atoms with van der Waals surface area (Å²) in [5.74, 6) is 0. The van der Waals surface area contributed by atoms with Crippen molar-refractivity contribution in [2.75, 3.05) is 13.2 Å². The summed E-state index contributed by atoms with van der Waals surface area (Å²) in [6.07, 6.45) is 9.76. The van der Waals surface area contributed by atoms with Gasteiger partial charge in [-0.3, -0.25) is 0 Å².